The minimum atomic E-state index is -0.943. The zero-order chi connectivity index (χ0) is 18.4. The third-order valence-corrected chi connectivity index (χ3v) is 4.56. The number of anilines is 2. The van der Waals surface area contributed by atoms with Gasteiger partial charge in [-0.25, -0.2) is 9.78 Å². The third-order valence-electron chi connectivity index (χ3n) is 3.60. The Bertz CT molecular complexity index is 794. The van der Waals surface area contributed by atoms with Gasteiger partial charge in [-0.05, 0) is 43.0 Å². The van der Waals surface area contributed by atoms with Crippen molar-refractivity contribution in [1.82, 2.24) is 4.98 Å². The first-order chi connectivity index (χ1) is 11.9. The summed E-state index contributed by atoms with van der Waals surface area (Å²) < 4.78 is 0. The van der Waals surface area contributed by atoms with Crippen LogP contribution in [0.25, 0.3) is 6.08 Å². The number of carbonyl (C=O) groups is 2. The number of aryl methyl sites for hydroxylation is 2. The molecule has 6 nitrogen and oxygen atoms in total. The number of nitrogens with zero attached hydrogens (tertiary/aromatic N) is 1. The molecule has 0 fully saturated rings. The second-order valence-electron chi connectivity index (χ2n) is 5.58. The fourth-order valence-corrected chi connectivity index (χ4v) is 3.31. The molecule has 2 rings (SSSR count). The summed E-state index contributed by atoms with van der Waals surface area (Å²) in [6.45, 7) is 3.21. The smallest absolute Gasteiger partial charge is 0.331 e. The molecule has 1 amide bonds. The maximum Gasteiger partial charge on any atom is 0.331 e. The van der Waals surface area contributed by atoms with Gasteiger partial charge in [-0.1, -0.05) is 30.4 Å². The first kappa shape index (κ1) is 18.7. The van der Waals surface area contributed by atoms with Crippen LogP contribution in [0.5, 0.6) is 0 Å². The highest BCUT2D eigenvalue weighted by Crippen LogP contribution is 2.27. The molecular weight excluding hydrogens is 338 g/mol. The number of nitrogens with two attached hydrogens (primary N) is 1. The predicted octanol–water partition coefficient (Wildman–Crippen LogP) is 3.35. The van der Waals surface area contributed by atoms with Crippen LogP contribution in [-0.2, 0) is 22.4 Å². The van der Waals surface area contributed by atoms with Crippen LogP contribution in [0.15, 0.2) is 29.8 Å². The fourth-order valence-electron chi connectivity index (χ4n) is 2.28. The number of hydrogen-bond donors (Lipinski definition) is 3. The second kappa shape index (κ2) is 8.43. The molecule has 0 radical (unpaired) electrons. The minimum absolute atomic E-state index is 0.205. The normalized spacial score (nSPS) is 11.4. The summed E-state index contributed by atoms with van der Waals surface area (Å²) in [5.41, 5.74) is 8.61. The summed E-state index contributed by atoms with van der Waals surface area (Å²) in [6.07, 6.45) is 3.45. The Balaban J connectivity index is 2.27. The summed E-state index contributed by atoms with van der Waals surface area (Å²) >= 11 is 1.28. The number of amides is 1. The van der Waals surface area contributed by atoms with Crippen molar-refractivity contribution in [2.45, 2.75) is 33.1 Å². The van der Waals surface area contributed by atoms with Gasteiger partial charge in [-0.2, -0.15) is 0 Å². The van der Waals surface area contributed by atoms with E-state index >= 15 is 0 Å². The van der Waals surface area contributed by atoms with E-state index in [2.05, 4.69) is 10.3 Å². The third kappa shape index (κ3) is 5.42. The number of aromatic nitrogens is 1. The zero-order valence-electron chi connectivity index (χ0n) is 14.2. The Kier molecular flexibility index (Phi) is 6.30. The van der Waals surface area contributed by atoms with E-state index in [4.69, 9.17) is 5.73 Å². The standard InChI is InChI=1S/C18H21N3O3S/c1-3-13(17(23)24)10-16-15(21-18(25-16)20-11(2)22)9-6-12-4-7-14(19)8-5-12/h4-5,7-8,10H,3,6,9,19H2,1-2H3,(H,23,24)(H,20,21,22). The topological polar surface area (TPSA) is 105 Å². The lowest BCUT2D eigenvalue weighted by Crippen LogP contribution is -2.05. The molecule has 0 unspecified atom stereocenters. The first-order valence-electron chi connectivity index (χ1n) is 7.94. The molecule has 0 bridgehead atoms. The van der Waals surface area contributed by atoms with E-state index in [1.54, 1.807) is 13.0 Å². The van der Waals surface area contributed by atoms with Crippen molar-refractivity contribution in [2.75, 3.05) is 11.1 Å². The molecule has 0 atom stereocenters. The zero-order valence-corrected chi connectivity index (χ0v) is 15.0. The van der Waals surface area contributed by atoms with Crippen LogP contribution in [0.1, 0.15) is 36.4 Å². The number of nitrogens with one attached hydrogen (secondary N) is 1. The largest absolute Gasteiger partial charge is 0.478 e. The quantitative estimate of drug-likeness (QED) is 0.519. The highest BCUT2D eigenvalue weighted by atomic mass is 32.1. The molecule has 4 N–H and O–H groups in total. The molecule has 0 aliphatic carbocycles. The van der Waals surface area contributed by atoms with Crippen molar-refractivity contribution >= 4 is 40.1 Å². The second-order valence-corrected chi connectivity index (χ2v) is 6.61. The van der Waals surface area contributed by atoms with E-state index in [9.17, 15) is 14.7 Å². The van der Waals surface area contributed by atoms with Crippen molar-refractivity contribution in [3.05, 3.63) is 46.0 Å². The van der Waals surface area contributed by atoms with Crippen LogP contribution < -0.4 is 11.1 Å². The summed E-state index contributed by atoms with van der Waals surface area (Å²) in [5, 5.41) is 12.4. The number of carboxylic acid groups (broad SMARTS) is 1. The van der Waals surface area contributed by atoms with Crippen molar-refractivity contribution in [3.8, 4) is 0 Å². The maximum absolute atomic E-state index is 11.3. The lowest BCUT2D eigenvalue weighted by molar-refractivity contribution is -0.132. The van der Waals surface area contributed by atoms with E-state index in [-0.39, 0.29) is 5.91 Å². The van der Waals surface area contributed by atoms with E-state index < -0.39 is 5.97 Å². The summed E-state index contributed by atoms with van der Waals surface area (Å²) in [4.78, 5) is 27.8. The molecule has 0 aliphatic heterocycles. The van der Waals surface area contributed by atoms with Crippen molar-refractivity contribution in [1.29, 1.82) is 0 Å². The van der Waals surface area contributed by atoms with Gasteiger partial charge in [0.05, 0.1) is 10.6 Å². The van der Waals surface area contributed by atoms with Crippen LogP contribution in [0.4, 0.5) is 10.8 Å². The van der Waals surface area contributed by atoms with Gasteiger partial charge in [0.15, 0.2) is 5.13 Å². The van der Waals surface area contributed by atoms with Gasteiger partial charge in [-0.3, -0.25) is 4.79 Å². The number of nitrogen functional groups attached to an aromatic ring is 1. The lowest BCUT2D eigenvalue weighted by Gasteiger charge is -2.02. The van der Waals surface area contributed by atoms with Crippen LogP contribution in [-0.4, -0.2) is 22.0 Å². The molecule has 132 valence electrons. The van der Waals surface area contributed by atoms with E-state index in [0.717, 1.165) is 22.6 Å². The highest BCUT2D eigenvalue weighted by Gasteiger charge is 2.13. The molecule has 1 aromatic heterocycles. The Morgan fingerprint density at radius 1 is 1.28 bits per heavy atom. The highest BCUT2D eigenvalue weighted by molar-refractivity contribution is 7.16. The molecule has 7 heteroatoms. The number of carbonyl (C=O) groups excluding carboxylic acids is 1. The molecule has 2 aromatic rings. The maximum atomic E-state index is 11.3. The SMILES string of the molecule is CCC(=Cc1sc(NC(C)=O)nc1CCc1ccc(N)cc1)C(=O)O. The fraction of sp³-hybridized carbons (Fsp3) is 0.278. The van der Waals surface area contributed by atoms with E-state index in [0.29, 0.717) is 29.2 Å². The predicted molar refractivity (Wildman–Crippen MR) is 101 cm³/mol. The minimum Gasteiger partial charge on any atom is -0.478 e. The Hall–Kier alpha value is -2.67. The molecule has 0 spiro atoms. The van der Waals surface area contributed by atoms with Gasteiger partial charge in [-0.15, -0.1) is 0 Å². The molecule has 1 aromatic carbocycles. The molecule has 0 saturated carbocycles. The number of hydrogen-bond acceptors (Lipinski definition) is 5. The van der Waals surface area contributed by atoms with Gasteiger partial charge in [0.25, 0.3) is 0 Å². The average molecular weight is 359 g/mol. The number of thiazole rings is 1. The van der Waals surface area contributed by atoms with Gasteiger partial charge >= 0.3 is 5.97 Å². The van der Waals surface area contributed by atoms with Crippen LogP contribution in [0.3, 0.4) is 0 Å². The van der Waals surface area contributed by atoms with Crippen LogP contribution >= 0.6 is 11.3 Å². The van der Waals surface area contributed by atoms with Crippen molar-refractivity contribution in [3.63, 3.8) is 0 Å². The monoisotopic (exact) mass is 359 g/mol. The van der Waals surface area contributed by atoms with Crippen molar-refractivity contribution in [2.24, 2.45) is 0 Å². The van der Waals surface area contributed by atoms with Gasteiger partial charge in [0.1, 0.15) is 0 Å². The summed E-state index contributed by atoms with van der Waals surface area (Å²) in [5.74, 6) is -1.15. The van der Waals surface area contributed by atoms with E-state index in [1.807, 2.05) is 24.3 Å². The number of benzene rings is 1. The number of carboxylic acids is 1. The molecule has 25 heavy (non-hydrogen) atoms. The number of aliphatic carboxylic acids is 1. The molecular formula is C18H21N3O3S. The van der Waals surface area contributed by atoms with Gasteiger partial charge in [0, 0.05) is 18.2 Å². The van der Waals surface area contributed by atoms with E-state index in [1.165, 1.54) is 18.3 Å². The number of rotatable bonds is 7. The Morgan fingerprint density at radius 3 is 2.52 bits per heavy atom. The van der Waals surface area contributed by atoms with Gasteiger partial charge in [0.2, 0.25) is 5.91 Å². The average Bonchev–Trinajstić information content (AvgIpc) is 2.92. The van der Waals surface area contributed by atoms with Crippen LogP contribution in [0, 0.1) is 0 Å². The van der Waals surface area contributed by atoms with Gasteiger partial charge < -0.3 is 16.2 Å². The van der Waals surface area contributed by atoms with Crippen LogP contribution in [0.2, 0.25) is 0 Å². The van der Waals surface area contributed by atoms with Crippen molar-refractivity contribution < 1.29 is 14.7 Å². The molecule has 0 aliphatic rings. The summed E-state index contributed by atoms with van der Waals surface area (Å²) in [7, 11) is 0. The lowest BCUT2D eigenvalue weighted by atomic mass is 10.1. The summed E-state index contributed by atoms with van der Waals surface area (Å²) in [6, 6.07) is 7.61. The Labute approximate surface area is 150 Å². The first-order valence-corrected chi connectivity index (χ1v) is 8.76. The molecule has 0 saturated heterocycles. The Morgan fingerprint density at radius 2 is 1.96 bits per heavy atom. The molecule has 1 heterocycles.